The standard InChI is InChI=1S/C14H16F3N3O2/c1-2-20(13(22)12(21)14(15,16)17)8-7-11-18-9-5-3-4-6-10(9)19-11/h3-6,12,21H,2,7-8H2,1H3,(H,18,19)/t12-/m0/s1. The van der Waals surface area contributed by atoms with Gasteiger partial charge in [-0.25, -0.2) is 4.98 Å². The van der Waals surface area contributed by atoms with Gasteiger partial charge in [0.15, 0.2) is 0 Å². The lowest BCUT2D eigenvalue weighted by Gasteiger charge is -2.24. The summed E-state index contributed by atoms with van der Waals surface area (Å²) in [5, 5.41) is 9.03. The van der Waals surface area contributed by atoms with E-state index >= 15 is 0 Å². The number of fused-ring (bicyclic) bond motifs is 1. The summed E-state index contributed by atoms with van der Waals surface area (Å²) in [7, 11) is 0. The van der Waals surface area contributed by atoms with Gasteiger partial charge in [0, 0.05) is 19.5 Å². The topological polar surface area (TPSA) is 69.2 Å². The number of imidazole rings is 1. The highest BCUT2D eigenvalue weighted by Crippen LogP contribution is 2.21. The zero-order valence-electron chi connectivity index (χ0n) is 11.9. The fourth-order valence-electron chi connectivity index (χ4n) is 2.10. The number of hydrogen-bond donors (Lipinski definition) is 2. The van der Waals surface area contributed by atoms with Crippen LogP contribution in [0.25, 0.3) is 11.0 Å². The molecule has 0 fully saturated rings. The number of aromatic amines is 1. The van der Waals surface area contributed by atoms with Gasteiger partial charge in [-0.3, -0.25) is 4.79 Å². The molecule has 0 bridgehead atoms. The van der Waals surface area contributed by atoms with Crippen LogP contribution in [0.15, 0.2) is 24.3 Å². The van der Waals surface area contributed by atoms with Gasteiger partial charge in [0.1, 0.15) is 5.82 Å². The maximum absolute atomic E-state index is 12.4. The van der Waals surface area contributed by atoms with E-state index in [9.17, 15) is 18.0 Å². The second-order valence-corrected chi connectivity index (χ2v) is 4.81. The predicted molar refractivity (Wildman–Crippen MR) is 74.1 cm³/mol. The van der Waals surface area contributed by atoms with Crippen molar-refractivity contribution < 1.29 is 23.1 Å². The molecule has 2 rings (SSSR count). The van der Waals surface area contributed by atoms with E-state index in [2.05, 4.69) is 9.97 Å². The summed E-state index contributed by atoms with van der Waals surface area (Å²) in [5.74, 6) is -0.764. The third-order valence-corrected chi connectivity index (χ3v) is 3.29. The number of hydrogen-bond acceptors (Lipinski definition) is 3. The van der Waals surface area contributed by atoms with Crippen molar-refractivity contribution in [3.8, 4) is 0 Å². The van der Waals surface area contributed by atoms with Gasteiger partial charge in [0.05, 0.1) is 11.0 Å². The van der Waals surface area contributed by atoms with Gasteiger partial charge >= 0.3 is 6.18 Å². The Morgan fingerprint density at radius 1 is 1.41 bits per heavy atom. The van der Waals surface area contributed by atoms with E-state index in [1.807, 2.05) is 24.3 Å². The normalized spacial score (nSPS) is 13.3. The molecule has 0 radical (unpaired) electrons. The molecule has 0 aliphatic carbocycles. The number of nitrogens with one attached hydrogen (secondary N) is 1. The quantitative estimate of drug-likeness (QED) is 0.885. The minimum atomic E-state index is -4.95. The van der Waals surface area contributed by atoms with Crippen molar-refractivity contribution in [2.24, 2.45) is 0 Å². The molecule has 5 nitrogen and oxygen atoms in total. The van der Waals surface area contributed by atoms with Crippen molar-refractivity contribution in [3.63, 3.8) is 0 Å². The summed E-state index contributed by atoms with van der Waals surface area (Å²) in [6.45, 7) is 1.67. The minimum Gasteiger partial charge on any atom is -0.376 e. The zero-order valence-corrected chi connectivity index (χ0v) is 11.9. The molecule has 120 valence electrons. The Morgan fingerprint density at radius 2 is 2.09 bits per heavy atom. The van der Waals surface area contributed by atoms with Crippen LogP contribution in [0.5, 0.6) is 0 Å². The Balaban J connectivity index is 2.03. The lowest BCUT2D eigenvalue weighted by Crippen LogP contribution is -2.47. The Bertz CT molecular complexity index is 621. The summed E-state index contributed by atoms with van der Waals surface area (Å²) >= 11 is 0. The molecule has 2 aromatic rings. The molecule has 0 unspecified atom stereocenters. The number of aromatic nitrogens is 2. The molecule has 0 saturated carbocycles. The maximum atomic E-state index is 12.4. The predicted octanol–water partition coefficient (Wildman–Crippen LogP) is 1.88. The summed E-state index contributed by atoms with van der Waals surface area (Å²) in [6, 6.07) is 7.31. The van der Waals surface area contributed by atoms with Crippen molar-refractivity contribution in [1.29, 1.82) is 0 Å². The Morgan fingerprint density at radius 3 is 2.68 bits per heavy atom. The molecular formula is C14H16F3N3O2. The number of carbonyl (C=O) groups excluding carboxylic acids is 1. The highest BCUT2D eigenvalue weighted by atomic mass is 19.4. The van der Waals surface area contributed by atoms with Crippen LogP contribution in [0.2, 0.25) is 0 Å². The molecular weight excluding hydrogens is 299 g/mol. The number of para-hydroxylation sites is 2. The van der Waals surface area contributed by atoms with E-state index in [1.165, 1.54) is 0 Å². The third-order valence-electron chi connectivity index (χ3n) is 3.29. The smallest absolute Gasteiger partial charge is 0.376 e. The van der Waals surface area contributed by atoms with Gasteiger partial charge in [-0.1, -0.05) is 12.1 Å². The lowest BCUT2D eigenvalue weighted by molar-refractivity contribution is -0.210. The largest absolute Gasteiger partial charge is 0.423 e. The first-order valence-corrected chi connectivity index (χ1v) is 6.80. The number of carbonyl (C=O) groups is 1. The first-order chi connectivity index (χ1) is 10.3. The lowest BCUT2D eigenvalue weighted by atomic mass is 10.2. The Labute approximate surface area is 124 Å². The van der Waals surface area contributed by atoms with Crippen LogP contribution < -0.4 is 0 Å². The summed E-state index contributed by atoms with van der Waals surface area (Å²) in [5.41, 5.74) is 1.57. The number of aliphatic hydroxyl groups excluding tert-OH is 1. The highest BCUT2D eigenvalue weighted by molar-refractivity contribution is 5.81. The van der Waals surface area contributed by atoms with Gasteiger partial charge in [-0.05, 0) is 19.1 Å². The van der Waals surface area contributed by atoms with Crippen LogP contribution in [0, 0.1) is 0 Å². The first kappa shape index (κ1) is 16.3. The van der Waals surface area contributed by atoms with E-state index in [-0.39, 0.29) is 19.5 Å². The van der Waals surface area contributed by atoms with Gasteiger partial charge in [-0.15, -0.1) is 0 Å². The molecule has 1 amide bonds. The van der Waals surface area contributed by atoms with E-state index in [0.29, 0.717) is 5.82 Å². The number of nitrogens with zero attached hydrogens (tertiary/aromatic N) is 2. The molecule has 8 heteroatoms. The molecule has 0 spiro atoms. The fourth-order valence-corrected chi connectivity index (χ4v) is 2.10. The number of benzene rings is 1. The summed E-state index contributed by atoms with van der Waals surface area (Å²) < 4.78 is 37.1. The van der Waals surface area contributed by atoms with E-state index in [1.54, 1.807) is 6.92 Å². The average molecular weight is 315 g/mol. The number of amides is 1. The number of rotatable bonds is 5. The zero-order chi connectivity index (χ0) is 16.3. The second kappa shape index (κ2) is 6.35. The average Bonchev–Trinajstić information content (AvgIpc) is 2.88. The molecule has 0 saturated heterocycles. The molecule has 0 aliphatic heterocycles. The Hall–Kier alpha value is -2.09. The molecule has 0 aliphatic rings. The second-order valence-electron chi connectivity index (χ2n) is 4.81. The molecule has 1 atom stereocenters. The van der Waals surface area contributed by atoms with Crippen molar-refractivity contribution in [1.82, 2.24) is 14.9 Å². The number of likely N-dealkylation sites (N-methyl/N-ethyl adjacent to an activating group) is 1. The van der Waals surface area contributed by atoms with Crippen molar-refractivity contribution in [2.75, 3.05) is 13.1 Å². The van der Waals surface area contributed by atoms with Crippen molar-refractivity contribution in [2.45, 2.75) is 25.6 Å². The minimum absolute atomic E-state index is 0.0439. The maximum Gasteiger partial charge on any atom is 0.423 e. The van der Waals surface area contributed by atoms with Crippen LogP contribution in [0.1, 0.15) is 12.7 Å². The van der Waals surface area contributed by atoms with Crippen molar-refractivity contribution in [3.05, 3.63) is 30.1 Å². The van der Waals surface area contributed by atoms with E-state index < -0.39 is 18.2 Å². The molecule has 1 aromatic carbocycles. The van der Waals surface area contributed by atoms with Gasteiger partial charge in [0.25, 0.3) is 5.91 Å². The number of aliphatic hydroxyl groups is 1. The number of H-pyrrole nitrogens is 1. The summed E-state index contributed by atoms with van der Waals surface area (Å²) in [6.07, 6.45) is -7.66. The van der Waals surface area contributed by atoms with Crippen LogP contribution >= 0.6 is 0 Å². The fraction of sp³-hybridized carbons (Fsp3) is 0.429. The van der Waals surface area contributed by atoms with Gasteiger partial charge in [-0.2, -0.15) is 13.2 Å². The Kier molecular flexibility index (Phi) is 4.70. The molecule has 2 N–H and O–H groups in total. The van der Waals surface area contributed by atoms with E-state index in [0.717, 1.165) is 15.9 Å². The molecule has 22 heavy (non-hydrogen) atoms. The van der Waals surface area contributed by atoms with Gasteiger partial charge in [0.2, 0.25) is 6.10 Å². The number of alkyl halides is 3. The highest BCUT2D eigenvalue weighted by Gasteiger charge is 2.45. The molecule has 1 aromatic heterocycles. The van der Waals surface area contributed by atoms with Crippen LogP contribution in [-0.2, 0) is 11.2 Å². The SMILES string of the molecule is CCN(CCc1nc2ccccc2[nH]1)C(=O)[C@H](O)C(F)(F)F. The number of halogens is 3. The van der Waals surface area contributed by atoms with E-state index in [4.69, 9.17) is 5.11 Å². The van der Waals surface area contributed by atoms with Crippen molar-refractivity contribution >= 4 is 16.9 Å². The molecule has 1 heterocycles. The van der Waals surface area contributed by atoms with Crippen LogP contribution in [-0.4, -0.2) is 51.3 Å². The first-order valence-electron chi connectivity index (χ1n) is 6.80. The van der Waals surface area contributed by atoms with Gasteiger partial charge < -0.3 is 15.0 Å². The monoisotopic (exact) mass is 315 g/mol. The third kappa shape index (κ3) is 3.56. The van der Waals surface area contributed by atoms with Crippen LogP contribution in [0.4, 0.5) is 13.2 Å². The van der Waals surface area contributed by atoms with Crippen LogP contribution in [0.3, 0.4) is 0 Å². The summed E-state index contributed by atoms with van der Waals surface area (Å²) in [4.78, 5) is 19.9.